The van der Waals surface area contributed by atoms with E-state index in [2.05, 4.69) is 21.2 Å². The van der Waals surface area contributed by atoms with E-state index >= 15 is 0 Å². The molecule has 2 unspecified atom stereocenters. The highest BCUT2D eigenvalue weighted by atomic mass is 79.9. The first-order chi connectivity index (χ1) is 10.6. The van der Waals surface area contributed by atoms with E-state index in [0.29, 0.717) is 19.5 Å². The molecule has 1 aromatic carbocycles. The minimum absolute atomic E-state index is 0. The van der Waals surface area contributed by atoms with Crippen LogP contribution in [0.5, 0.6) is 0 Å². The lowest BCUT2D eigenvalue weighted by Crippen LogP contribution is -2.54. The Morgan fingerprint density at radius 3 is 2.83 bits per heavy atom. The van der Waals surface area contributed by atoms with E-state index in [9.17, 15) is 9.59 Å². The highest BCUT2D eigenvalue weighted by Crippen LogP contribution is 2.28. The number of benzene rings is 1. The maximum Gasteiger partial charge on any atom is 0.239 e. The van der Waals surface area contributed by atoms with Gasteiger partial charge in [0.1, 0.15) is 5.92 Å². The van der Waals surface area contributed by atoms with Crippen molar-refractivity contribution >= 4 is 45.8 Å². The number of piperazine rings is 1. The Hall–Kier alpha value is -1.11. The number of anilines is 1. The Labute approximate surface area is 150 Å². The van der Waals surface area contributed by atoms with Crippen LogP contribution in [0.2, 0.25) is 0 Å². The average molecular weight is 403 g/mol. The molecule has 5 nitrogen and oxygen atoms in total. The molecule has 1 aromatic rings. The summed E-state index contributed by atoms with van der Waals surface area (Å²) in [7, 11) is 0. The van der Waals surface area contributed by atoms with Gasteiger partial charge in [0.2, 0.25) is 11.8 Å². The van der Waals surface area contributed by atoms with Gasteiger partial charge in [-0.2, -0.15) is 0 Å². The molecular weight excluding hydrogens is 382 g/mol. The lowest BCUT2D eigenvalue weighted by molar-refractivity contribution is -0.142. The number of halogens is 2. The summed E-state index contributed by atoms with van der Waals surface area (Å²) in [6.07, 6.45) is 0.598. The summed E-state index contributed by atoms with van der Waals surface area (Å²) in [6, 6.07) is 7.80. The summed E-state index contributed by atoms with van der Waals surface area (Å²) in [5, 5.41) is 3.27. The molecule has 0 saturated carbocycles. The average Bonchev–Trinajstić information content (AvgIpc) is 2.89. The quantitative estimate of drug-likeness (QED) is 0.770. The van der Waals surface area contributed by atoms with Gasteiger partial charge in [-0.25, -0.2) is 0 Å². The Morgan fingerprint density at radius 2 is 2.13 bits per heavy atom. The van der Waals surface area contributed by atoms with Crippen LogP contribution in [0.1, 0.15) is 13.3 Å². The monoisotopic (exact) mass is 401 g/mol. The van der Waals surface area contributed by atoms with E-state index in [1.165, 1.54) is 0 Å². The van der Waals surface area contributed by atoms with E-state index in [1.807, 2.05) is 36.1 Å². The van der Waals surface area contributed by atoms with Gasteiger partial charge in [0.15, 0.2) is 0 Å². The van der Waals surface area contributed by atoms with Gasteiger partial charge in [-0.15, -0.1) is 12.4 Å². The molecule has 0 aliphatic carbocycles. The van der Waals surface area contributed by atoms with Gasteiger partial charge >= 0.3 is 0 Å². The predicted molar refractivity (Wildman–Crippen MR) is 95.9 cm³/mol. The van der Waals surface area contributed by atoms with Gasteiger partial charge in [-0.3, -0.25) is 9.59 Å². The summed E-state index contributed by atoms with van der Waals surface area (Å²) in [5.74, 6) is -0.620. The Balaban J connectivity index is 0.00000192. The molecule has 0 bridgehead atoms. The molecule has 23 heavy (non-hydrogen) atoms. The molecule has 126 valence electrons. The Morgan fingerprint density at radius 1 is 1.35 bits per heavy atom. The minimum Gasteiger partial charge on any atom is -0.337 e. The highest BCUT2D eigenvalue weighted by molar-refractivity contribution is 9.10. The van der Waals surface area contributed by atoms with E-state index in [1.54, 1.807) is 4.90 Å². The van der Waals surface area contributed by atoms with Crippen LogP contribution < -0.4 is 10.2 Å². The van der Waals surface area contributed by atoms with E-state index < -0.39 is 5.92 Å². The standard InChI is InChI=1S/C16H20BrN3O2.ClH/c1-11-10-18-6-8-19(11)15(21)14-5-7-20(16(14)22)13-4-2-3-12(17)9-13;/h2-4,9,11,14,18H,5-8,10H2,1H3;1H. The minimum atomic E-state index is -0.528. The third kappa shape index (κ3) is 3.70. The fourth-order valence-electron chi connectivity index (χ4n) is 3.18. The normalized spacial score (nSPS) is 24.5. The first-order valence-corrected chi connectivity index (χ1v) is 8.45. The van der Waals surface area contributed by atoms with Crippen LogP contribution in [0.3, 0.4) is 0 Å². The second kappa shape index (κ2) is 7.64. The number of nitrogens with zero attached hydrogens (tertiary/aromatic N) is 2. The number of amides is 2. The molecule has 2 atom stereocenters. The molecular formula is C16H21BrClN3O2. The van der Waals surface area contributed by atoms with Crippen molar-refractivity contribution in [2.45, 2.75) is 19.4 Å². The van der Waals surface area contributed by atoms with Crippen LogP contribution in [-0.2, 0) is 9.59 Å². The molecule has 0 aromatic heterocycles. The smallest absolute Gasteiger partial charge is 0.239 e. The fraction of sp³-hybridized carbons (Fsp3) is 0.500. The maximum absolute atomic E-state index is 12.7. The molecule has 0 radical (unpaired) electrons. The number of nitrogens with one attached hydrogen (secondary N) is 1. The molecule has 2 aliphatic rings. The molecule has 2 amide bonds. The lowest BCUT2D eigenvalue weighted by atomic mass is 10.0. The van der Waals surface area contributed by atoms with Crippen molar-refractivity contribution < 1.29 is 9.59 Å². The van der Waals surface area contributed by atoms with Crippen LogP contribution in [0.4, 0.5) is 5.69 Å². The highest BCUT2D eigenvalue weighted by Gasteiger charge is 2.41. The van der Waals surface area contributed by atoms with Crippen molar-refractivity contribution in [3.8, 4) is 0 Å². The van der Waals surface area contributed by atoms with Crippen molar-refractivity contribution in [1.82, 2.24) is 10.2 Å². The molecule has 2 aliphatic heterocycles. The SMILES string of the molecule is CC1CNCCN1C(=O)C1CCN(c2cccc(Br)c2)C1=O.Cl. The number of carbonyl (C=O) groups is 2. The van der Waals surface area contributed by atoms with Crippen molar-refractivity contribution in [3.63, 3.8) is 0 Å². The number of rotatable bonds is 2. The van der Waals surface area contributed by atoms with Gasteiger partial charge in [0, 0.05) is 42.4 Å². The predicted octanol–water partition coefficient (Wildman–Crippen LogP) is 2.04. The second-order valence-electron chi connectivity index (χ2n) is 5.90. The Bertz CT molecular complexity index is 598. The summed E-state index contributed by atoms with van der Waals surface area (Å²) >= 11 is 3.42. The van der Waals surface area contributed by atoms with E-state index in [4.69, 9.17) is 0 Å². The van der Waals surface area contributed by atoms with Crippen molar-refractivity contribution in [2.24, 2.45) is 5.92 Å². The molecule has 1 N–H and O–H groups in total. The Kier molecular flexibility index (Phi) is 6.06. The maximum atomic E-state index is 12.7. The molecule has 0 spiro atoms. The zero-order valence-electron chi connectivity index (χ0n) is 13.0. The lowest BCUT2D eigenvalue weighted by Gasteiger charge is -2.35. The van der Waals surface area contributed by atoms with Crippen LogP contribution in [0.15, 0.2) is 28.7 Å². The zero-order valence-corrected chi connectivity index (χ0v) is 15.4. The van der Waals surface area contributed by atoms with Gasteiger partial charge in [0.25, 0.3) is 0 Å². The van der Waals surface area contributed by atoms with Crippen molar-refractivity contribution in [1.29, 1.82) is 0 Å². The van der Waals surface area contributed by atoms with E-state index in [0.717, 1.165) is 23.2 Å². The van der Waals surface area contributed by atoms with Crippen LogP contribution in [-0.4, -0.2) is 48.9 Å². The number of hydrogen-bond acceptors (Lipinski definition) is 3. The topological polar surface area (TPSA) is 52.7 Å². The fourth-order valence-corrected chi connectivity index (χ4v) is 3.57. The van der Waals surface area contributed by atoms with Crippen molar-refractivity contribution in [2.75, 3.05) is 31.1 Å². The van der Waals surface area contributed by atoms with Crippen LogP contribution in [0.25, 0.3) is 0 Å². The van der Waals surface area contributed by atoms with Crippen LogP contribution in [0, 0.1) is 5.92 Å². The summed E-state index contributed by atoms with van der Waals surface area (Å²) in [4.78, 5) is 28.9. The number of hydrogen-bond donors (Lipinski definition) is 1. The molecule has 3 rings (SSSR count). The second-order valence-corrected chi connectivity index (χ2v) is 6.81. The van der Waals surface area contributed by atoms with Gasteiger partial charge < -0.3 is 15.1 Å². The summed E-state index contributed by atoms with van der Waals surface area (Å²) in [6.45, 7) is 4.90. The van der Waals surface area contributed by atoms with Gasteiger partial charge in [0.05, 0.1) is 0 Å². The van der Waals surface area contributed by atoms with E-state index in [-0.39, 0.29) is 30.3 Å². The molecule has 7 heteroatoms. The first-order valence-electron chi connectivity index (χ1n) is 7.66. The third-order valence-corrected chi connectivity index (χ3v) is 4.90. The van der Waals surface area contributed by atoms with Gasteiger partial charge in [-0.05, 0) is 31.5 Å². The number of carbonyl (C=O) groups excluding carboxylic acids is 2. The first kappa shape index (κ1) is 18.2. The molecule has 2 saturated heterocycles. The largest absolute Gasteiger partial charge is 0.337 e. The molecule has 2 heterocycles. The van der Waals surface area contributed by atoms with Crippen molar-refractivity contribution in [3.05, 3.63) is 28.7 Å². The summed E-state index contributed by atoms with van der Waals surface area (Å²) < 4.78 is 0.934. The molecule has 2 fully saturated rings. The zero-order chi connectivity index (χ0) is 15.7. The third-order valence-electron chi connectivity index (χ3n) is 4.41. The summed E-state index contributed by atoms with van der Waals surface area (Å²) in [5.41, 5.74) is 0.850. The van der Waals surface area contributed by atoms with Crippen LogP contribution >= 0.6 is 28.3 Å². The van der Waals surface area contributed by atoms with Gasteiger partial charge in [-0.1, -0.05) is 22.0 Å².